The summed E-state index contributed by atoms with van der Waals surface area (Å²) >= 11 is 0. The normalized spacial score (nSPS) is 23.3. The smallest absolute Gasteiger partial charge is 0.396 e. The Morgan fingerprint density at radius 1 is 1.20 bits per heavy atom. The summed E-state index contributed by atoms with van der Waals surface area (Å²) in [6.07, 6.45) is -2.54. The van der Waals surface area contributed by atoms with Gasteiger partial charge in [0.2, 0.25) is 5.91 Å². The van der Waals surface area contributed by atoms with E-state index in [0.717, 1.165) is 0 Å². The maximum atomic E-state index is 13.1. The third-order valence-corrected chi connectivity index (χ3v) is 5.22. The Labute approximate surface area is 143 Å². The molecule has 0 radical (unpaired) electrons. The second-order valence-electron chi connectivity index (χ2n) is 6.80. The number of aliphatic hydroxyl groups excluding tert-OH is 2. The summed E-state index contributed by atoms with van der Waals surface area (Å²) < 4.78 is 40.5. The zero-order valence-electron chi connectivity index (χ0n) is 13.8. The van der Waals surface area contributed by atoms with E-state index in [-0.39, 0.29) is 43.1 Å². The van der Waals surface area contributed by atoms with Gasteiger partial charge in [-0.25, -0.2) is 0 Å². The van der Waals surface area contributed by atoms with Gasteiger partial charge in [-0.3, -0.25) is 9.48 Å². The lowest BCUT2D eigenvalue weighted by Crippen LogP contribution is -2.33. The van der Waals surface area contributed by atoms with Crippen molar-refractivity contribution in [3.05, 3.63) is 17.0 Å². The van der Waals surface area contributed by atoms with E-state index in [1.165, 1.54) is 4.68 Å². The molecule has 0 aromatic carbocycles. The van der Waals surface area contributed by atoms with Crippen molar-refractivity contribution in [1.29, 1.82) is 0 Å². The molecule has 2 N–H and O–H groups in total. The summed E-state index contributed by atoms with van der Waals surface area (Å²) in [6, 6.07) is 0. The Morgan fingerprint density at radius 3 is 2.56 bits per heavy atom. The first-order valence-electron chi connectivity index (χ1n) is 8.50. The molecule has 3 rings (SSSR count). The van der Waals surface area contributed by atoms with E-state index >= 15 is 0 Å². The maximum absolute atomic E-state index is 13.1. The summed E-state index contributed by atoms with van der Waals surface area (Å²) in [5.74, 6) is -0.400. The first kappa shape index (κ1) is 18.2. The first-order valence-corrected chi connectivity index (χ1v) is 8.50. The molecule has 1 aromatic rings. The van der Waals surface area contributed by atoms with Crippen LogP contribution in [0, 0.1) is 11.8 Å². The molecule has 2 heterocycles. The molecule has 0 bridgehead atoms. The van der Waals surface area contributed by atoms with Crippen molar-refractivity contribution in [1.82, 2.24) is 14.7 Å². The third kappa shape index (κ3) is 3.52. The summed E-state index contributed by atoms with van der Waals surface area (Å²) in [5.41, 5.74) is -0.154. The van der Waals surface area contributed by atoms with Crippen molar-refractivity contribution in [3.8, 4) is 0 Å². The number of aromatic nitrogens is 2. The van der Waals surface area contributed by atoms with Crippen molar-refractivity contribution in [2.24, 2.45) is 11.8 Å². The van der Waals surface area contributed by atoms with Crippen LogP contribution in [0.3, 0.4) is 0 Å². The van der Waals surface area contributed by atoms with Crippen LogP contribution in [0.5, 0.6) is 0 Å². The second-order valence-corrected chi connectivity index (χ2v) is 6.80. The first-order chi connectivity index (χ1) is 11.8. The Kier molecular flexibility index (Phi) is 5.06. The molecule has 1 saturated heterocycles. The van der Waals surface area contributed by atoms with Gasteiger partial charge in [0, 0.05) is 43.5 Å². The highest BCUT2D eigenvalue weighted by Gasteiger charge is 2.41. The molecule has 2 atom stereocenters. The average Bonchev–Trinajstić information content (AvgIpc) is 3.22. The molecule has 1 aliphatic carbocycles. The van der Waals surface area contributed by atoms with Crippen LogP contribution in [0.2, 0.25) is 0 Å². The average molecular weight is 361 g/mol. The van der Waals surface area contributed by atoms with Gasteiger partial charge in [0.15, 0.2) is 5.69 Å². The number of likely N-dealkylation sites (tertiary alicyclic amines) is 1. The van der Waals surface area contributed by atoms with Crippen LogP contribution in [-0.2, 0) is 30.4 Å². The zero-order chi connectivity index (χ0) is 18.2. The fourth-order valence-corrected chi connectivity index (χ4v) is 3.94. The summed E-state index contributed by atoms with van der Waals surface area (Å²) in [4.78, 5) is 14.1. The molecule has 0 saturated carbocycles. The number of halogens is 3. The van der Waals surface area contributed by atoms with Crippen LogP contribution in [-0.4, -0.2) is 57.1 Å². The van der Waals surface area contributed by atoms with Crippen molar-refractivity contribution in [3.63, 3.8) is 0 Å². The molecule has 140 valence electrons. The predicted molar refractivity (Wildman–Crippen MR) is 81.6 cm³/mol. The molecule has 0 spiro atoms. The summed E-state index contributed by atoms with van der Waals surface area (Å²) in [7, 11) is 0. The van der Waals surface area contributed by atoms with E-state index in [4.69, 9.17) is 5.11 Å². The SMILES string of the molecule is O=C(Cn1nc(C(F)(F)F)c2c1CCC2)N1CC(CO)C(CCO)C1. The van der Waals surface area contributed by atoms with Gasteiger partial charge >= 0.3 is 6.18 Å². The predicted octanol–water partition coefficient (Wildman–Crippen LogP) is 0.840. The Morgan fingerprint density at radius 2 is 1.92 bits per heavy atom. The van der Waals surface area contributed by atoms with Gasteiger partial charge in [-0.2, -0.15) is 18.3 Å². The van der Waals surface area contributed by atoms with Gasteiger partial charge in [-0.05, 0) is 31.6 Å². The van der Waals surface area contributed by atoms with Gasteiger partial charge in [0.05, 0.1) is 0 Å². The lowest BCUT2D eigenvalue weighted by Gasteiger charge is -2.17. The van der Waals surface area contributed by atoms with Crippen molar-refractivity contribution >= 4 is 5.91 Å². The molecule has 1 aliphatic heterocycles. The molecule has 1 fully saturated rings. The molecular formula is C16H22F3N3O3. The fraction of sp³-hybridized carbons (Fsp3) is 0.750. The van der Waals surface area contributed by atoms with E-state index in [9.17, 15) is 23.1 Å². The lowest BCUT2D eigenvalue weighted by atomic mass is 9.94. The molecule has 1 aromatic heterocycles. The number of aliphatic hydroxyl groups is 2. The Hall–Kier alpha value is -1.61. The highest BCUT2D eigenvalue weighted by molar-refractivity contribution is 5.76. The van der Waals surface area contributed by atoms with Crippen LogP contribution < -0.4 is 0 Å². The minimum absolute atomic E-state index is 0.00743. The number of nitrogens with zero attached hydrogens (tertiary/aromatic N) is 3. The van der Waals surface area contributed by atoms with Gasteiger partial charge in [-0.1, -0.05) is 0 Å². The molecule has 6 nitrogen and oxygen atoms in total. The Bertz CT molecular complexity index is 645. The Balaban J connectivity index is 1.74. The van der Waals surface area contributed by atoms with Crippen LogP contribution in [0.1, 0.15) is 29.8 Å². The fourth-order valence-electron chi connectivity index (χ4n) is 3.94. The van der Waals surface area contributed by atoms with Gasteiger partial charge in [0.1, 0.15) is 6.54 Å². The van der Waals surface area contributed by atoms with Crippen molar-refractivity contribution in [2.45, 2.75) is 38.4 Å². The van der Waals surface area contributed by atoms with E-state index in [1.54, 1.807) is 4.90 Å². The molecule has 2 aliphatic rings. The number of carbonyl (C=O) groups is 1. The van der Waals surface area contributed by atoms with Crippen LogP contribution >= 0.6 is 0 Å². The van der Waals surface area contributed by atoms with Gasteiger partial charge in [-0.15, -0.1) is 0 Å². The third-order valence-electron chi connectivity index (χ3n) is 5.22. The highest BCUT2D eigenvalue weighted by Crippen LogP contribution is 2.36. The number of hydrogen-bond donors (Lipinski definition) is 2. The van der Waals surface area contributed by atoms with Crippen LogP contribution in [0.15, 0.2) is 0 Å². The second kappa shape index (κ2) is 6.95. The summed E-state index contributed by atoms with van der Waals surface area (Å²) in [6.45, 7) is 0.437. The largest absolute Gasteiger partial charge is 0.435 e. The van der Waals surface area contributed by atoms with Gasteiger partial charge < -0.3 is 15.1 Å². The monoisotopic (exact) mass is 361 g/mol. The number of rotatable bonds is 5. The minimum atomic E-state index is -4.51. The topological polar surface area (TPSA) is 78.6 Å². The molecule has 9 heteroatoms. The number of fused-ring (bicyclic) bond motifs is 1. The molecular weight excluding hydrogens is 339 g/mol. The van der Waals surface area contributed by atoms with Gasteiger partial charge in [0.25, 0.3) is 0 Å². The number of amides is 1. The number of carbonyl (C=O) groups excluding carboxylic acids is 1. The van der Waals surface area contributed by atoms with Crippen LogP contribution in [0.4, 0.5) is 13.2 Å². The van der Waals surface area contributed by atoms with E-state index < -0.39 is 11.9 Å². The lowest BCUT2D eigenvalue weighted by molar-refractivity contribution is -0.142. The standard InChI is InChI=1S/C16H22F3N3O3/c17-16(18,19)15-12-2-1-3-13(12)22(20-15)8-14(25)21-6-10(4-5-23)11(7-21)9-24/h10-11,23-24H,1-9H2. The zero-order valence-corrected chi connectivity index (χ0v) is 13.8. The minimum Gasteiger partial charge on any atom is -0.396 e. The quantitative estimate of drug-likeness (QED) is 0.815. The van der Waals surface area contributed by atoms with E-state index in [0.29, 0.717) is 44.5 Å². The maximum Gasteiger partial charge on any atom is 0.435 e. The summed E-state index contributed by atoms with van der Waals surface area (Å²) in [5, 5.41) is 22.2. The van der Waals surface area contributed by atoms with Crippen molar-refractivity contribution < 1.29 is 28.2 Å². The van der Waals surface area contributed by atoms with E-state index in [2.05, 4.69) is 5.10 Å². The van der Waals surface area contributed by atoms with Crippen molar-refractivity contribution in [2.75, 3.05) is 26.3 Å². The van der Waals surface area contributed by atoms with E-state index in [1.807, 2.05) is 0 Å². The molecule has 25 heavy (non-hydrogen) atoms. The number of alkyl halides is 3. The number of hydrogen-bond acceptors (Lipinski definition) is 4. The molecule has 2 unspecified atom stereocenters. The highest BCUT2D eigenvalue weighted by atomic mass is 19.4. The van der Waals surface area contributed by atoms with Crippen LogP contribution in [0.25, 0.3) is 0 Å². The molecule has 1 amide bonds.